The summed E-state index contributed by atoms with van der Waals surface area (Å²) < 4.78 is 26.3. The number of carbonyl (C=O) groups is 2. The average Bonchev–Trinajstić information content (AvgIpc) is 3.53. The van der Waals surface area contributed by atoms with Crippen molar-refractivity contribution in [1.82, 2.24) is 5.32 Å². The second kappa shape index (κ2) is 8.01. The smallest absolute Gasteiger partial charge is 0.334 e. The van der Waals surface area contributed by atoms with E-state index in [4.69, 9.17) is 9.47 Å². The third-order valence-corrected chi connectivity index (χ3v) is 7.91. The summed E-state index contributed by atoms with van der Waals surface area (Å²) in [4.78, 5) is 24.3. The van der Waals surface area contributed by atoms with Crippen LogP contribution in [0, 0.1) is 23.1 Å². The van der Waals surface area contributed by atoms with Crippen LogP contribution in [0.4, 0.5) is 4.39 Å². The first-order valence-corrected chi connectivity index (χ1v) is 11.9. The van der Waals surface area contributed by atoms with Gasteiger partial charge in [-0.05, 0) is 67.9 Å². The molecular formula is C25H32FNO5. The van der Waals surface area contributed by atoms with E-state index in [0.29, 0.717) is 18.3 Å². The molecule has 1 heterocycles. The van der Waals surface area contributed by atoms with Crippen LogP contribution in [0.15, 0.2) is 12.1 Å². The van der Waals surface area contributed by atoms with Crippen LogP contribution in [-0.4, -0.2) is 42.3 Å². The Labute approximate surface area is 187 Å². The largest absolute Gasteiger partial charge is 0.493 e. The Morgan fingerprint density at radius 1 is 1.25 bits per heavy atom. The fraction of sp³-hybridized carbons (Fsp3) is 0.680. The number of aliphatic carboxylic acids is 1. The quantitative estimate of drug-likeness (QED) is 0.655. The number of ether oxygens (including phenoxy) is 2. The van der Waals surface area contributed by atoms with Crippen molar-refractivity contribution in [2.24, 2.45) is 17.3 Å². The highest BCUT2D eigenvalue weighted by atomic mass is 19.1. The Kier molecular flexibility index (Phi) is 5.43. The molecule has 1 saturated heterocycles. The summed E-state index contributed by atoms with van der Waals surface area (Å²) in [6.45, 7) is 2.69. The molecule has 5 rings (SSSR count). The third kappa shape index (κ3) is 4.00. The summed E-state index contributed by atoms with van der Waals surface area (Å²) in [6, 6.07) is 2.90. The van der Waals surface area contributed by atoms with E-state index in [0.717, 1.165) is 37.2 Å². The zero-order valence-corrected chi connectivity index (χ0v) is 18.6. The van der Waals surface area contributed by atoms with E-state index in [1.54, 1.807) is 6.07 Å². The first-order valence-electron chi connectivity index (χ1n) is 11.9. The van der Waals surface area contributed by atoms with Gasteiger partial charge in [-0.1, -0.05) is 19.8 Å². The van der Waals surface area contributed by atoms with Crippen LogP contribution in [0.25, 0.3) is 0 Å². The van der Waals surface area contributed by atoms with Crippen molar-refractivity contribution in [1.29, 1.82) is 0 Å². The van der Waals surface area contributed by atoms with Gasteiger partial charge in [-0.3, -0.25) is 4.79 Å². The predicted molar refractivity (Wildman–Crippen MR) is 115 cm³/mol. The van der Waals surface area contributed by atoms with E-state index < -0.39 is 23.2 Å². The number of benzene rings is 1. The molecule has 1 aromatic carbocycles. The first-order chi connectivity index (χ1) is 15.3. The number of halogens is 1. The van der Waals surface area contributed by atoms with Crippen LogP contribution >= 0.6 is 0 Å². The minimum absolute atomic E-state index is 0.117. The van der Waals surface area contributed by atoms with Crippen LogP contribution in [0.2, 0.25) is 0 Å². The van der Waals surface area contributed by atoms with Gasteiger partial charge in [0.25, 0.3) is 5.91 Å². The van der Waals surface area contributed by atoms with Crippen molar-refractivity contribution in [2.45, 2.75) is 69.7 Å². The Bertz CT molecular complexity index is 921. The van der Waals surface area contributed by atoms with E-state index >= 15 is 4.39 Å². The fourth-order valence-electron chi connectivity index (χ4n) is 6.21. The lowest BCUT2D eigenvalue weighted by atomic mass is 9.59. The molecule has 1 aliphatic heterocycles. The van der Waals surface area contributed by atoms with Gasteiger partial charge < -0.3 is 19.9 Å². The molecule has 7 heteroatoms. The zero-order chi connectivity index (χ0) is 22.5. The van der Waals surface area contributed by atoms with E-state index in [-0.39, 0.29) is 30.1 Å². The Morgan fingerprint density at radius 3 is 2.69 bits per heavy atom. The third-order valence-electron chi connectivity index (χ3n) is 7.91. The summed E-state index contributed by atoms with van der Waals surface area (Å²) >= 11 is 0. The number of rotatable bonds is 7. The Balaban J connectivity index is 1.35. The number of amides is 1. The molecule has 32 heavy (non-hydrogen) atoms. The number of carboxylic acids is 1. The molecule has 6 nitrogen and oxygen atoms in total. The zero-order valence-electron chi connectivity index (χ0n) is 18.6. The molecule has 2 bridgehead atoms. The van der Waals surface area contributed by atoms with Gasteiger partial charge in [-0.2, -0.15) is 0 Å². The average molecular weight is 446 g/mol. The molecule has 3 unspecified atom stereocenters. The SMILES string of the molecule is CC1CC2CCCC(COc3cc(F)c(C(=O)NC4(C(=O)O)COC4)cc3C3CC3)(C1)C2. The van der Waals surface area contributed by atoms with Gasteiger partial charge in [0, 0.05) is 11.5 Å². The minimum atomic E-state index is -1.48. The molecule has 0 radical (unpaired) electrons. The number of hydrogen-bond acceptors (Lipinski definition) is 4. The van der Waals surface area contributed by atoms with Gasteiger partial charge in [0.2, 0.25) is 0 Å². The fourth-order valence-corrected chi connectivity index (χ4v) is 6.21. The van der Waals surface area contributed by atoms with E-state index in [1.165, 1.54) is 31.7 Å². The first kappa shape index (κ1) is 21.7. The van der Waals surface area contributed by atoms with Crippen molar-refractivity contribution in [3.05, 3.63) is 29.1 Å². The molecule has 1 aromatic rings. The topological polar surface area (TPSA) is 84.9 Å². The lowest BCUT2D eigenvalue weighted by Gasteiger charge is -2.47. The predicted octanol–water partition coefficient (Wildman–Crippen LogP) is 4.27. The van der Waals surface area contributed by atoms with E-state index in [2.05, 4.69) is 12.2 Å². The maximum atomic E-state index is 15.0. The minimum Gasteiger partial charge on any atom is -0.493 e. The van der Waals surface area contributed by atoms with E-state index in [1.807, 2.05) is 0 Å². The van der Waals surface area contributed by atoms with Crippen LogP contribution in [0.5, 0.6) is 5.75 Å². The van der Waals surface area contributed by atoms with Crippen LogP contribution in [-0.2, 0) is 9.53 Å². The Morgan fingerprint density at radius 2 is 2.03 bits per heavy atom. The molecule has 3 atom stereocenters. The molecular weight excluding hydrogens is 413 g/mol. The van der Waals surface area contributed by atoms with Crippen molar-refractivity contribution in [3.8, 4) is 5.75 Å². The molecule has 2 N–H and O–H groups in total. The number of carboxylic acid groups (broad SMARTS) is 1. The van der Waals surface area contributed by atoms with Crippen molar-refractivity contribution >= 4 is 11.9 Å². The molecule has 3 saturated carbocycles. The number of carbonyl (C=O) groups excluding carboxylic acids is 1. The molecule has 4 aliphatic rings. The summed E-state index contributed by atoms with van der Waals surface area (Å²) in [7, 11) is 0. The van der Waals surface area contributed by atoms with Gasteiger partial charge in [-0.15, -0.1) is 0 Å². The normalized spacial score (nSPS) is 30.8. The van der Waals surface area contributed by atoms with Crippen LogP contribution < -0.4 is 10.1 Å². The second-order valence-electron chi connectivity index (χ2n) is 10.8. The monoisotopic (exact) mass is 445 g/mol. The van der Waals surface area contributed by atoms with Gasteiger partial charge in [0.1, 0.15) is 11.6 Å². The van der Waals surface area contributed by atoms with Gasteiger partial charge in [0.15, 0.2) is 5.54 Å². The molecule has 0 spiro atoms. The van der Waals surface area contributed by atoms with Crippen molar-refractivity contribution < 1.29 is 28.6 Å². The lowest BCUT2D eigenvalue weighted by molar-refractivity contribution is -0.164. The van der Waals surface area contributed by atoms with Crippen LogP contribution in [0.1, 0.15) is 80.1 Å². The number of hydrogen-bond donors (Lipinski definition) is 2. The Hall–Kier alpha value is -2.15. The highest BCUT2D eigenvalue weighted by Gasteiger charge is 2.48. The van der Waals surface area contributed by atoms with Gasteiger partial charge in [0.05, 0.1) is 25.4 Å². The maximum absolute atomic E-state index is 15.0. The van der Waals surface area contributed by atoms with Gasteiger partial charge >= 0.3 is 5.97 Å². The number of fused-ring (bicyclic) bond motifs is 2. The molecule has 4 fully saturated rings. The summed E-state index contributed by atoms with van der Waals surface area (Å²) in [5.74, 6) is -0.309. The molecule has 174 valence electrons. The summed E-state index contributed by atoms with van der Waals surface area (Å²) in [5.41, 5.74) is -0.578. The molecule has 1 amide bonds. The number of nitrogens with one attached hydrogen (secondary N) is 1. The molecule has 3 aliphatic carbocycles. The highest BCUT2D eigenvalue weighted by Crippen LogP contribution is 2.52. The summed E-state index contributed by atoms with van der Waals surface area (Å²) in [6.07, 6.45) is 9.33. The van der Waals surface area contributed by atoms with Crippen molar-refractivity contribution in [2.75, 3.05) is 19.8 Å². The van der Waals surface area contributed by atoms with Gasteiger partial charge in [-0.25, -0.2) is 9.18 Å². The van der Waals surface area contributed by atoms with Crippen LogP contribution in [0.3, 0.4) is 0 Å². The van der Waals surface area contributed by atoms with E-state index in [9.17, 15) is 14.7 Å². The maximum Gasteiger partial charge on any atom is 0.334 e. The second-order valence-corrected chi connectivity index (χ2v) is 10.8. The van der Waals surface area contributed by atoms with Crippen molar-refractivity contribution in [3.63, 3.8) is 0 Å². The highest BCUT2D eigenvalue weighted by molar-refractivity contribution is 5.98. The standard InChI is InChI=1S/C25H32FNO5/c1-15-7-16-3-2-6-24(10-15,11-16)12-32-21-9-20(26)19(8-18(21)17-4-5-17)22(28)27-25(23(29)30)13-31-14-25/h8-9,15-17H,2-7,10-14H2,1H3,(H,27,28)(H,29,30). The molecule has 0 aromatic heterocycles. The summed E-state index contributed by atoms with van der Waals surface area (Å²) in [5, 5.41) is 11.9. The lowest BCUT2D eigenvalue weighted by Crippen LogP contribution is -2.67.